The van der Waals surface area contributed by atoms with Crippen LogP contribution in [0.1, 0.15) is 24.5 Å². The van der Waals surface area contributed by atoms with Crippen LogP contribution in [0.4, 0.5) is 4.39 Å². The van der Waals surface area contributed by atoms with E-state index >= 15 is 0 Å². The lowest BCUT2D eigenvalue weighted by Gasteiger charge is -2.10. The smallest absolute Gasteiger partial charge is 0.124 e. The molecule has 1 aromatic carbocycles. The van der Waals surface area contributed by atoms with Crippen molar-refractivity contribution in [2.45, 2.75) is 24.3 Å². The maximum absolute atomic E-state index is 13.2. The molecule has 0 spiro atoms. The van der Waals surface area contributed by atoms with E-state index in [4.69, 9.17) is 10.8 Å². The van der Waals surface area contributed by atoms with Gasteiger partial charge in [0.2, 0.25) is 0 Å². The van der Waals surface area contributed by atoms with Gasteiger partial charge in [-0.3, -0.25) is 0 Å². The quantitative estimate of drug-likeness (QED) is 0.804. The van der Waals surface area contributed by atoms with E-state index < -0.39 is 0 Å². The van der Waals surface area contributed by atoms with Gasteiger partial charge in [-0.2, -0.15) is 11.8 Å². The maximum atomic E-state index is 13.2. The van der Waals surface area contributed by atoms with Crippen LogP contribution in [0.2, 0.25) is 0 Å². The molecular formula is C14H18FNOS. The van der Waals surface area contributed by atoms with E-state index in [9.17, 15) is 4.39 Å². The van der Waals surface area contributed by atoms with Gasteiger partial charge < -0.3 is 10.8 Å². The highest BCUT2D eigenvalue weighted by Crippen LogP contribution is 2.22. The molecule has 0 radical (unpaired) electrons. The summed E-state index contributed by atoms with van der Waals surface area (Å²) in [7, 11) is 0. The summed E-state index contributed by atoms with van der Waals surface area (Å²) >= 11 is 1.73. The molecule has 0 aliphatic heterocycles. The second-order valence-electron chi connectivity index (χ2n) is 3.94. The molecule has 1 unspecified atom stereocenters. The Hall–Kier alpha value is -1.02. The summed E-state index contributed by atoms with van der Waals surface area (Å²) in [5.41, 5.74) is 7.03. The van der Waals surface area contributed by atoms with E-state index in [2.05, 4.69) is 18.8 Å². The van der Waals surface area contributed by atoms with Gasteiger partial charge in [0.15, 0.2) is 0 Å². The fourth-order valence-corrected chi connectivity index (χ4v) is 2.42. The Bertz CT molecular complexity index is 439. The Labute approximate surface area is 112 Å². The van der Waals surface area contributed by atoms with E-state index in [1.165, 1.54) is 12.1 Å². The second-order valence-corrected chi connectivity index (χ2v) is 5.37. The van der Waals surface area contributed by atoms with Crippen molar-refractivity contribution in [1.82, 2.24) is 0 Å². The normalized spacial score (nSPS) is 11.8. The molecule has 1 atom stereocenters. The van der Waals surface area contributed by atoms with Gasteiger partial charge in [0.1, 0.15) is 5.82 Å². The van der Waals surface area contributed by atoms with E-state index in [1.807, 2.05) is 0 Å². The first-order valence-corrected chi connectivity index (χ1v) is 6.92. The molecule has 0 saturated carbocycles. The summed E-state index contributed by atoms with van der Waals surface area (Å²) in [6, 6.07) is 4.64. The average Bonchev–Trinajstić information content (AvgIpc) is 2.35. The molecule has 0 bridgehead atoms. The van der Waals surface area contributed by atoms with Gasteiger partial charge >= 0.3 is 0 Å². The van der Waals surface area contributed by atoms with Crippen LogP contribution in [0.3, 0.4) is 0 Å². The fourth-order valence-electron chi connectivity index (χ4n) is 1.43. The van der Waals surface area contributed by atoms with E-state index in [0.717, 1.165) is 17.7 Å². The third kappa shape index (κ3) is 5.09. The highest BCUT2D eigenvalue weighted by atomic mass is 32.2. The zero-order valence-corrected chi connectivity index (χ0v) is 11.3. The fraction of sp³-hybridized carbons (Fsp3) is 0.429. The number of thioether (sulfide) groups is 1. The molecule has 0 aliphatic carbocycles. The summed E-state index contributed by atoms with van der Waals surface area (Å²) in [5.74, 6) is 6.11. The number of halogens is 1. The zero-order chi connectivity index (χ0) is 13.4. The first-order valence-electron chi connectivity index (χ1n) is 5.87. The predicted octanol–water partition coefficient (Wildman–Crippen LogP) is 2.14. The summed E-state index contributed by atoms with van der Waals surface area (Å²) in [4.78, 5) is 0. The van der Waals surface area contributed by atoms with Gasteiger partial charge in [-0.1, -0.05) is 24.8 Å². The average molecular weight is 267 g/mol. The van der Waals surface area contributed by atoms with Crippen molar-refractivity contribution in [2.75, 3.05) is 13.2 Å². The molecule has 1 rings (SSSR count). The Morgan fingerprint density at radius 2 is 2.28 bits per heavy atom. The molecule has 0 saturated heterocycles. The maximum Gasteiger partial charge on any atom is 0.124 e. The SMILES string of the molecule is CC(CCO)SCc1ccc(F)cc1C#CCN. The summed E-state index contributed by atoms with van der Waals surface area (Å²) in [5, 5.41) is 9.21. The lowest BCUT2D eigenvalue weighted by Crippen LogP contribution is -2.01. The van der Waals surface area contributed by atoms with Crippen molar-refractivity contribution in [3.05, 3.63) is 35.1 Å². The molecule has 2 nitrogen and oxygen atoms in total. The molecule has 3 N–H and O–H groups in total. The van der Waals surface area contributed by atoms with Crippen LogP contribution in [-0.4, -0.2) is 23.5 Å². The van der Waals surface area contributed by atoms with Crippen LogP contribution < -0.4 is 5.73 Å². The van der Waals surface area contributed by atoms with Crippen molar-refractivity contribution >= 4 is 11.8 Å². The standard InChI is InChI=1S/C14H18FNOS/c1-11(6-8-17)18-10-13-4-5-14(15)9-12(13)3-2-7-16/h4-5,9,11,17H,6-8,10,16H2,1H3. The van der Waals surface area contributed by atoms with Crippen LogP contribution in [0.25, 0.3) is 0 Å². The van der Waals surface area contributed by atoms with Crippen molar-refractivity contribution in [1.29, 1.82) is 0 Å². The number of hydrogen-bond donors (Lipinski definition) is 2. The molecule has 0 amide bonds. The van der Waals surface area contributed by atoms with E-state index in [1.54, 1.807) is 17.8 Å². The minimum absolute atomic E-state index is 0.192. The Balaban J connectivity index is 2.75. The number of hydrogen-bond acceptors (Lipinski definition) is 3. The van der Waals surface area contributed by atoms with E-state index in [-0.39, 0.29) is 19.0 Å². The lowest BCUT2D eigenvalue weighted by molar-refractivity contribution is 0.289. The Morgan fingerprint density at radius 1 is 1.50 bits per heavy atom. The first-order chi connectivity index (χ1) is 8.67. The van der Waals surface area contributed by atoms with Crippen molar-refractivity contribution in [3.8, 4) is 11.8 Å². The molecule has 0 aromatic heterocycles. The number of benzene rings is 1. The van der Waals surface area contributed by atoms with Crippen LogP contribution in [0.5, 0.6) is 0 Å². The van der Waals surface area contributed by atoms with Gasteiger partial charge in [-0.25, -0.2) is 4.39 Å². The zero-order valence-electron chi connectivity index (χ0n) is 10.4. The molecule has 0 heterocycles. The number of aliphatic hydroxyl groups is 1. The van der Waals surface area contributed by atoms with Gasteiger partial charge in [0.05, 0.1) is 6.54 Å². The number of aliphatic hydroxyl groups excluding tert-OH is 1. The van der Waals surface area contributed by atoms with Crippen LogP contribution in [0, 0.1) is 17.7 Å². The second kappa shape index (κ2) is 8.15. The molecule has 1 aromatic rings. The van der Waals surface area contributed by atoms with E-state index in [0.29, 0.717) is 10.8 Å². The highest BCUT2D eigenvalue weighted by Gasteiger charge is 2.06. The van der Waals surface area contributed by atoms with Gasteiger partial charge in [0, 0.05) is 23.2 Å². The van der Waals surface area contributed by atoms with Gasteiger partial charge in [-0.05, 0) is 24.1 Å². The first kappa shape index (κ1) is 15.0. The van der Waals surface area contributed by atoms with Crippen LogP contribution >= 0.6 is 11.8 Å². The molecule has 0 aliphatic rings. The molecular weight excluding hydrogens is 249 g/mol. The van der Waals surface area contributed by atoms with Gasteiger partial charge in [-0.15, -0.1) is 0 Å². The summed E-state index contributed by atoms with van der Waals surface area (Å²) in [6.45, 7) is 2.52. The monoisotopic (exact) mass is 267 g/mol. The largest absolute Gasteiger partial charge is 0.396 e. The van der Waals surface area contributed by atoms with Crippen LogP contribution in [0.15, 0.2) is 18.2 Å². The van der Waals surface area contributed by atoms with Crippen LogP contribution in [-0.2, 0) is 5.75 Å². The lowest BCUT2D eigenvalue weighted by atomic mass is 10.1. The summed E-state index contributed by atoms with van der Waals surface area (Å²) in [6.07, 6.45) is 0.760. The van der Waals surface area contributed by atoms with Gasteiger partial charge in [0.25, 0.3) is 0 Å². The third-order valence-corrected chi connectivity index (χ3v) is 3.74. The number of nitrogens with two attached hydrogens (primary N) is 1. The Kier molecular flexibility index (Phi) is 6.81. The van der Waals surface area contributed by atoms with Crippen molar-refractivity contribution < 1.29 is 9.50 Å². The third-order valence-electron chi connectivity index (χ3n) is 2.46. The molecule has 18 heavy (non-hydrogen) atoms. The topological polar surface area (TPSA) is 46.2 Å². The highest BCUT2D eigenvalue weighted by molar-refractivity contribution is 7.99. The molecule has 4 heteroatoms. The molecule has 0 fully saturated rings. The Morgan fingerprint density at radius 3 is 2.94 bits per heavy atom. The summed E-state index contributed by atoms with van der Waals surface area (Å²) < 4.78 is 13.2. The predicted molar refractivity (Wildman–Crippen MR) is 74.8 cm³/mol. The minimum Gasteiger partial charge on any atom is -0.396 e. The van der Waals surface area contributed by atoms with Crippen molar-refractivity contribution in [3.63, 3.8) is 0 Å². The number of rotatable bonds is 5. The molecule has 98 valence electrons. The minimum atomic E-state index is -0.284. The van der Waals surface area contributed by atoms with Crippen molar-refractivity contribution in [2.24, 2.45) is 5.73 Å².